The fourth-order valence-electron chi connectivity index (χ4n) is 3.37. The molecule has 2 aromatic carbocycles. The van der Waals surface area contributed by atoms with E-state index in [2.05, 4.69) is 4.98 Å². The van der Waals surface area contributed by atoms with Crippen molar-refractivity contribution in [3.8, 4) is 11.3 Å². The van der Waals surface area contributed by atoms with Crippen LogP contribution in [0, 0.1) is 13.8 Å². The zero-order valence-corrected chi connectivity index (χ0v) is 15.6. The van der Waals surface area contributed by atoms with Gasteiger partial charge in [-0.25, -0.2) is 4.79 Å². The third-order valence-electron chi connectivity index (χ3n) is 4.64. The lowest BCUT2D eigenvalue weighted by atomic mass is 10.0. The number of carbonyl (C=O) groups is 2. The standard InChI is InChI=1S/C23H19NO4/c1-14-12-18(15(2)28-14)23(26)27-13-20(25)21-17-10-6-7-11-19(17)24-22(21)16-8-4-3-5-9-16/h3-12,24H,13H2,1-2H3. The highest BCUT2D eigenvalue weighted by Crippen LogP contribution is 2.30. The molecule has 0 unspecified atom stereocenters. The van der Waals surface area contributed by atoms with Crippen LogP contribution in [0.15, 0.2) is 65.1 Å². The number of esters is 1. The maximum absolute atomic E-state index is 13.0. The number of fused-ring (bicyclic) bond motifs is 1. The summed E-state index contributed by atoms with van der Waals surface area (Å²) in [7, 11) is 0. The summed E-state index contributed by atoms with van der Waals surface area (Å²) in [5.41, 5.74) is 3.34. The Morgan fingerprint density at radius 3 is 2.43 bits per heavy atom. The average Bonchev–Trinajstić information content (AvgIpc) is 3.26. The molecule has 0 aliphatic rings. The van der Waals surface area contributed by atoms with Gasteiger partial charge >= 0.3 is 5.97 Å². The Hall–Kier alpha value is -3.60. The minimum absolute atomic E-state index is 0.262. The number of H-pyrrole nitrogens is 1. The van der Waals surface area contributed by atoms with E-state index in [-0.39, 0.29) is 12.4 Å². The van der Waals surface area contributed by atoms with E-state index in [1.807, 2.05) is 54.6 Å². The molecule has 0 atom stereocenters. The fourth-order valence-corrected chi connectivity index (χ4v) is 3.37. The largest absolute Gasteiger partial charge is 0.466 e. The van der Waals surface area contributed by atoms with Gasteiger partial charge in [-0.05, 0) is 31.5 Å². The molecule has 0 bridgehead atoms. The van der Waals surface area contributed by atoms with Crippen molar-refractivity contribution in [2.24, 2.45) is 0 Å². The number of aromatic amines is 1. The maximum Gasteiger partial charge on any atom is 0.342 e. The van der Waals surface area contributed by atoms with Crippen LogP contribution >= 0.6 is 0 Å². The Morgan fingerprint density at radius 2 is 1.71 bits per heavy atom. The van der Waals surface area contributed by atoms with E-state index in [0.29, 0.717) is 22.6 Å². The highest BCUT2D eigenvalue weighted by Gasteiger charge is 2.22. The zero-order chi connectivity index (χ0) is 19.7. The van der Waals surface area contributed by atoms with E-state index in [4.69, 9.17) is 9.15 Å². The maximum atomic E-state index is 13.0. The SMILES string of the molecule is Cc1cc(C(=O)OCC(=O)c2c(-c3ccccc3)[nH]c3ccccc23)c(C)o1. The second kappa shape index (κ2) is 7.19. The molecule has 5 heteroatoms. The number of hydrogen-bond donors (Lipinski definition) is 1. The molecular formula is C23H19NO4. The number of ketones is 1. The molecule has 0 saturated carbocycles. The molecule has 4 rings (SSSR count). The Labute approximate surface area is 161 Å². The predicted molar refractivity (Wildman–Crippen MR) is 107 cm³/mol. The van der Waals surface area contributed by atoms with E-state index in [9.17, 15) is 9.59 Å². The quantitative estimate of drug-likeness (QED) is 0.391. The van der Waals surface area contributed by atoms with Gasteiger partial charge in [0, 0.05) is 10.9 Å². The van der Waals surface area contributed by atoms with Crippen molar-refractivity contribution in [2.45, 2.75) is 13.8 Å². The Balaban J connectivity index is 1.65. The Kier molecular flexibility index (Phi) is 4.57. The highest BCUT2D eigenvalue weighted by molar-refractivity contribution is 6.14. The summed E-state index contributed by atoms with van der Waals surface area (Å²) in [5.74, 6) is 0.275. The molecule has 0 radical (unpaired) electrons. The summed E-state index contributed by atoms with van der Waals surface area (Å²) >= 11 is 0. The second-order valence-electron chi connectivity index (χ2n) is 6.61. The second-order valence-corrected chi connectivity index (χ2v) is 6.61. The van der Waals surface area contributed by atoms with Crippen molar-refractivity contribution in [3.05, 3.63) is 83.3 Å². The van der Waals surface area contributed by atoms with Gasteiger partial charge in [0.2, 0.25) is 5.78 Å². The van der Waals surface area contributed by atoms with Gasteiger partial charge in [-0.15, -0.1) is 0 Å². The molecule has 0 aliphatic carbocycles. The number of benzene rings is 2. The normalized spacial score (nSPS) is 10.9. The topological polar surface area (TPSA) is 72.3 Å². The van der Waals surface area contributed by atoms with Crippen molar-refractivity contribution in [2.75, 3.05) is 6.61 Å². The third kappa shape index (κ3) is 3.22. The summed E-state index contributed by atoms with van der Waals surface area (Å²) in [4.78, 5) is 28.7. The van der Waals surface area contributed by atoms with Gasteiger partial charge in [-0.2, -0.15) is 0 Å². The highest BCUT2D eigenvalue weighted by atomic mass is 16.5. The van der Waals surface area contributed by atoms with Crippen LogP contribution in [0.4, 0.5) is 0 Å². The summed E-state index contributed by atoms with van der Waals surface area (Å²) in [6, 6.07) is 18.8. The first-order valence-corrected chi connectivity index (χ1v) is 8.98. The number of para-hydroxylation sites is 1. The monoisotopic (exact) mass is 373 g/mol. The molecule has 0 fully saturated rings. The Morgan fingerprint density at radius 1 is 1.00 bits per heavy atom. The molecule has 0 saturated heterocycles. The molecule has 0 aliphatic heterocycles. The number of furan rings is 1. The summed E-state index contributed by atoms with van der Waals surface area (Å²) < 4.78 is 10.6. The van der Waals surface area contributed by atoms with Crippen LogP contribution in [0.2, 0.25) is 0 Å². The number of nitrogens with one attached hydrogen (secondary N) is 1. The van der Waals surface area contributed by atoms with Crippen molar-refractivity contribution in [1.82, 2.24) is 4.98 Å². The minimum atomic E-state index is -0.566. The van der Waals surface area contributed by atoms with E-state index >= 15 is 0 Å². The minimum Gasteiger partial charge on any atom is -0.466 e. The van der Waals surface area contributed by atoms with Gasteiger partial charge < -0.3 is 14.1 Å². The molecule has 2 heterocycles. The van der Waals surface area contributed by atoms with Gasteiger partial charge in [0.1, 0.15) is 17.1 Å². The summed E-state index contributed by atoms with van der Waals surface area (Å²) in [5, 5.41) is 0.803. The lowest BCUT2D eigenvalue weighted by Gasteiger charge is -2.06. The summed E-state index contributed by atoms with van der Waals surface area (Å²) in [6.07, 6.45) is 0. The molecular weight excluding hydrogens is 354 g/mol. The Bertz CT molecular complexity index is 1170. The van der Waals surface area contributed by atoms with Crippen LogP contribution in [0.1, 0.15) is 32.2 Å². The van der Waals surface area contributed by atoms with Crippen molar-refractivity contribution in [3.63, 3.8) is 0 Å². The van der Waals surface area contributed by atoms with Crippen LogP contribution in [-0.2, 0) is 4.74 Å². The number of ether oxygens (including phenoxy) is 1. The third-order valence-corrected chi connectivity index (χ3v) is 4.64. The molecule has 0 spiro atoms. The average molecular weight is 373 g/mol. The number of aryl methyl sites for hydroxylation is 2. The van der Waals surface area contributed by atoms with E-state index < -0.39 is 5.97 Å². The van der Waals surface area contributed by atoms with Gasteiger partial charge in [-0.1, -0.05) is 48.5 Å². The van der Waals surface area contributed by atoms with E-state index in [0.717, 1.165) is 22.2 Å². The molecule has 0 amide bonds. The first kappa shape index (κ1) is 17.8. The van der Waals surface area contributed by atoms with E-state index in [1.54, 1.807) is 19.9 Å². The van der Waals surface area contributed by atoms with Gasteiger partial charge in [0.05, 0.1) is 11.3 Å². The van der Waals surface area contributed by atoms with Gasteiger partial charge in [0.25, 0.3) is 0 Å². The lowest BCUT2D eigenvalue weighted by Crippen LogP contribution is -2.15. The van der Waals surface area contributed by atoms with Crippen LogP contribution in [0.5, 0.6) is 0 Å². The number of Topliss-reactive ketones (excluding diaryl/α,β-unsaturated/α-hetero) is 1. The zero-order valence-electron chi connectivity index (χ0n) is 15.6. The smallest absolute Gasteiger partial charge is 0.342 e. The molecule has 4 aromatic rings. The van der Waals surface area contributed by atoms with Crippen molar-refractivity contribution < 1.29 is 18.7 Å². The first-order valence-electron chi connectivity index (χ1n) is 8.98. The lowest BCUT2D eigenvalue weighted by molar-refractivity contribution is 0.0473. The molecule has 140 valence electrons. The van der Waals surface area contributed by atoms with Gasteiger partial charge in [0.15, 0.2) is 6.61 Å². The number of carbonyl (C=O) groups excluding carboxylic acids is 2. The van der Waals surface area contributed by atoms with Crippen molar-refractivity contribution >= 4 is 22.7 Å². The van der Waals surface area contributed by atoms with Crippen molar-refractivity contribution in [1.29, 1.82) is 0 Å². The van der Waals surface area contributed by atoms with Crippen LogP contribution in [-0.4, -0.2) is 23.3 Å². The molecule has 28 heavy (non-hydrogen) atoms. The molecule has 2 aromatic heterocycles. The van der Waals surface area contributed by atoms with E-state index in [1.165, 1.54) is 0 Å². The molecule has 5 nitrogen and oxygen atoms in total. The number of aromatic nitrogens is 1. The van der Waals surface area contributed by atoms with Gasteiger partial charge in [-0.3, -0.25) is 4.79 Å². The van der Waals surface area contributed by atoms with Crippen LogP contribution in [0.25, 0.3) is 22.2 Å². The predicted octanol–water partition coefficient (Wildman–Crippen LogP) is 5.08. The number of hydrogen-bond acceptors (Lipinski definition) is 4. The van der Waals surface area contributed by atoms with Crippen LogP contribution < -0.4 is 0 Å². The number of rotatable bonds is 5. The summed E-state index contributed by atoms with van der Waals surface area (Å²) in [6.45, 7) is 3.11. The fraction of sp³-hybridized carbons (Fsp3) is 0.130. The molecule has 1 N–H and O–H groups in total. The first-order chi connectivity index (χ1) is 13.5. The van der Waals surface area contributed by atoms with Crippen LogP contribution in [0.3, 0.4) is 0 Å².